The van der Waals surface area contributed by atoms with Gasteiger partial charge in [0.05, 0.1) is 13.0 Å². The molecule has 0 bridgehead atoms. The summed E-state index contributed by atoms with van der Waals surface area (Å²) in [6.07, 6.45) is 8.18. The Bertz CT molecular complexity index is 292. The van der Waals surface area contributed by atoms with E-state index in [0.717, 1.165) is 0 Å². The Morgan fingerprint density at radius 1 is 1.44 bits per heavy atom. The molecular formula is C11H17BO4. The second-order valence-electron chi connectivity index (χ2n) is 2.98. The molecule has 0 fully saturated rings. The Morgan fingerprint density at radius 3 is 2.62 bits per heavy atom. The fourth-order valence-electron chi connectivity index (χ4n) is 0.983. The smallest absolute Gasteiger partial charge is 0.466 e. The molecule has 16 heavy (non-hydrogen) atoms. The highest BCUT2D eigenvalue weighted by atomic mass is 16.5. The zero-order chi connectivity index (χ0) is 12.4. The van der Waals surface area contributed by atoms with Crippen LogP contribution in [0.4, 0.5) is 0 Å². The number of carbonyl (C=O) groups excluding carboxylic acids is 1. The molecule has 0 spiro atoms. The van der Waals surface area contributed by atoms with E-state index in [0.29, 0.717) is 12.1 Å². The Kier molecular flexibility index (Phi) is 8.20. The molecule has 0 aromatic heterocycles. The lowest BCUT2D eigenvalue weighted by atomic mass is 9.79. The molecule has 0 aliphatic carbocycles. The van der Waals surface area contributed by atoms with Crippen LogP contribution >= 0.6 is 0 Å². The quantitative estimate of drug-likeness (QED) is 0.401. The third-order valence-corrected chi connectivity index (χ3v) is 1.67. The van der Waals surface area contributed by atoms with Gasteiger partial charge in [-0.2, -0.15) is 0 Å². The zero-order valence-electron chi connectivity index (χ0n) is 9.59. The van der Waals surface area contributed by atoms with Crippen molar-refractivity contribution < 1.29 is 19.6 Å². The van der Waals surface area contributed by atoms with Crippen LogP contribution in [-0.4, -0.2) is 29.7 Å². The average Bonchev–Trinajstić information content (AvgIpc) is 2.22. The molecule has 4 nitrogen and oxygen atoms in total. The molecule has 2 N–H and O–H groups in total. The topological polar surface area (TPSA) is 66.8 Å². The van der Waals surface area contributed by atoms with Gasteiger partial charge in [0, 0.05) is 0 Å². The summed E-state index contributed by atoms with van der Waals surface area (Å²) in [5.41, 5.74) is 0.364. The van der Waals surface area contributed by atoms with Crippen molar-refractivity contribution in [3.63, 3.8) is 0 Å². The van der Waals surface area contributed by atoms with Gasteiger partial charge in [0.1, 0.15) is 0 Å². The summed E-state index contributed by atoms with van der Waals surface area (Å²) < 4.78 is 4.72. The number of ether oxygens (including phenoxy) is 1. The highest BCUT2D eigenvalue weighted by Crippen LogP contribution is 2.00. The van der Waals surface area contributed by atoms with Crippen LogP contribution in [0.1, 0.15) is 20.3 Å². The fraction of sp³-hybridized carbons (Fsp3) is 0.364. The molecule has 0 aliphatic rings. The standard InChI is InChI=1S/C11H17BO4/c1-3-7-10(12(14)15)8-5-6-9-11(13)16-4-2/h3,5-8,14-15H,4,9H2,1-2H3/b6-5+,7-3-,10-8+. The first-order valence-electron chi connectivity index (χ1n) is 5.13. The van der Waals surface area contributed by atoms with E-state index in [9.17, 15) is 4.79 Å². The van der Waals surface area contributed by atoms with Crippen molar-refractivity contribution in [3.8, 4) is 0 Å². The molecule has 0 rings (SSSR count). The van der Waals surface area contributed by atoms with Crippen molar-refractivity contribution in [1.82, 2.24) is 0 Å². The maximum Gasteiger partial charge on any atom is 0.488 e. The van der Waals surface area contributed by atoms with E-state index >= 15 is 0 Å². The van der Waals surface area contributed by atoms with Crippen LogP contribution in [0.2, 0.25) is 0 Å². The number of rotatable bonds is 6. The first-order valence-corrected chi connectivity index (χ1v) is 5.13. The van der Waals surface area contributed by atoms with E-state index < -0.39 is 7.12 Å². The Labute approximate surface area is 96.1 Å². The van der Waals surface area contributed by atoms with Crippen LogP contribution in [0, 0.1) is 0 Å². The van der Waals surface area contributed by atoms with Crippen molar-refractivity contribution in [2.45, 2.75) is 20.3 Å². The lowest BCUT2D eigenvalue weighted by molar-refractivity contribution is -0.142. The van der Waals surface area contributed by atoms with Crippen molar-refractivity contribution in [2.24, 2.45) is 0 Å². The van der Waals surface area contributed by atoms with Crippen LogP contribution < -0.4 is 0 Å². The molecule has 0 saturated heterocycles. The summed E-state index contributed by atoms with van der Waals surface area (Å²) in [7, 11) is -1.51. The molecule has 0 saturated carbocycles. The monoisotopic (exact) mass is 224 g/mol. The summed E-state index contributed by atoms with van der Waals surface area (Å²) in [6.45, 7) is 3.88. The molecule has 0 atom stereocenters. The maximum atomic E-state index is 10.9. The predicted molar refractivity (Wildman–Crippen MR) is 63.5 cm³/mol. The van der Waals surface area contributed by atoms with Crippen LogP contribution in [-0.2, 0) is 9.53 Å². The number of allylic oxidation sites excluding steroid dienone is 5. The van der Waals surface area contributed by atoms with Crippen LogP contribution in [0.25, 0.3) is 0 Å². The van der Waals surface area contributed by atoms with Crippen LogP contribution in [0.5, 0.6) is 0 Å². The van der Waals surface area contributed by atoms with E-state index in [1.54, 1.807) is 38.2 Å². The summed E-state index contributed by atoms with van der Waals surface area (Å²) in [5, 5.41) is 17.9. The molecule has 0 heterocycles. The van der Waals surface area contributed by atoms with Gasteiger partial charge in [0.25, 0.3) is 0 Å². The number of hydrogen-bond acceptors (Lipinski definition) is 4. The van der Waals surface area contributed by atoms with E-state index in [-0.39, 0.29) is 12.4 Å². The Balaban J connectivity index is 4.21. The molecule has 0 amide bonds. The van der Waals surface area contributed by atoms with Gasteiger partial charge in [0.2, 0.25) is 0 Å². The largest absolute Gasteiger partial charge is 0.488 e. The highest BCUT2D eigenvalue weighted by molar-refractivity contribution is 6.51. The molecule has 0 radical (unpaired) electrons. The van der Waals surface area contributed by atoms with Gasteiger partial charge >= 0.3 is 13.1 Å². The average molecular weight is 224 g/mol. The summed E-state index contributed by atoms with van der Waals surface area (Å²) in [6, 6.07) is 0. The number of esters is 1. The normalized spacial score (nSPS) is 12.4. The minimum absolute atomic E-state index is 0.176. The summed E-state index contributed by atoms with van der Waals surface area (Å²) in [4.78, 5) is 10.9. The molecule has 0 aliphatic heterocycles. The Hall–Kier alpha value is -1.33. The van der Waals surface area contributed by atoms with Gasteiger partial charge < -0.3 is 14.8 Å². The second kappa shape index (κ2) is 8.94. The van der Waals surface area contributed by atoms with E-state index in [2.05, 4.69) is 0 Å². The summed E-state index contributed by atoms with van der Waals surface area (Å²) >= 11 is 0. The molecular weight excluding hydrogens is 207 g/mol. The first kappa shape index (κ1) is 14.7. The van der Waals surface area contributed by atoms with Gasteiger partial charge in [-0.3, -0.25) is 4.79 Å². The van der Waals surface area contributed by atoms with Crippen molar-refractivity contribution in [2.75, 3.05) is 6.61 Å². The van der Waals surface area contributed by atoms with Gasteiger partial charge in [-0.05, 0) is 19.3 Å². The van der Waals surface area contributed by atoms with Gasteiger partial charge in [-0.25, -0.2) is 0 Å². The van der Waals surface area contributed by atoms with Gasteiger partial charge in [-0.1, -0.05) is 30.4 Å². The lowest BCUT2D eigenvalue weighted by Crippen LogP contribution is -2.13. The minimum Gasteiger partial charge on any atom is -0.466 e. The molecule has 0 aromatic carbocycles. The Morgan fingerprint density at radius 2 is 2.12 bits per heavy atom. The molecule has 88 valence electrons. The zero-order valence-corrected chi connectivity index (χ0v) is 9.59. The minimum atomic E-state index is -1.51. The number of hydrogen-bond donors (Lipinski definition) is 2. The van der Waals surface area contributed by atoms with Gasteiger partial charge in [-0.15, -0.1) is 0 Å². The third kappa shape index (κ3) is 7.03. The first-order chi connectivity index (χ1) is 7.61. The van der Waals surface area contributed by atoms with E-state index in [1.165, 1.54) is 6.08 Å². The highest BCUT2D eigenvalue weighted by Gasteiger charge is 2.09. The van der Waals surface area contributed by atoms with Crippen LogP contribution in [0.15, 0.2) is 35.9 Å². The lowest BCUT2D eigenvalue weighted by Gasteiger charge is -1.97. The fourth-order valence-corrected chi connectivity index (χ4v) is 0.983. The van der Waals surface area contributed by atoms with Crippen molar-refractivity contribution in [3.05, 3.63) is 35.9 Å². The summed E-state index contributed by atoms with van der Waals surface area (Å²) in [5.74, 6) is -0.302. The van der Waals surface area contributed by atoms with Crippen molar-refractivity contribution >= 4 is 13.1 Å². The third-order valence-electron chi connectivity index (χ3n) is 1.67. The van der Waals surface area contributed by atoms with E-state index in [1.807, 2.05) is 0 Å². The predicted octanol–water partition coefficient (Wildman–Crippen LogP) is 1.01. The van der Waals surface area contributed by atoms with Crippen molar-refractivity contribution in [1.29, 1.82) is 0 Å². The van der Waals surface area contributed by atoms with Gasteiger partial charge in [0.15, 0.2) is 0 Å². The molecule has 5 heteroatoms. The maximum absolute atomic E-state index is 10.9. The van der Waals surface area contributed by atoms with E-state index in [4.69, 9.17) is 14.8 Å². The second-order valence-corrected chi connectivity index (χ2v) is 2.98. The molecule has 0 unspecified atom stereocenters. The number of carbonyl (C=O) groups is 1. The van der Waals surface area contributed by atoms with Crippen LogP contribution in [0.3, 0.4) is 0 Å². The SMILES string of the molecule is C\C=C/C(=C\C=C\CC(=O)OCC)B(O)O. The molecule has 0 aromatic rings.